The second-order valence-corrected chi connectivity index (χ2v) is 4.80. The molecular formula is C15H19NO3. The fraction of sp³-hybridized carbons (Fsp3) is 0.400. The molecule has 0 unspecified atom stereocenters. The van der Waals surface area contributed by atoms with E-state index in [-0.39, 0.29) is 19.0 Å². The quantitative estimate of drug-likeness (QED) is 0.856. The number of methoxy groups -OCH3 is 1. The Kier molecular flexibility index (Phi) is 3.90. The number of carbonyl (C=O) groups excluding carboxylic acids is 1. The highest BCUT2D eigenvalue weighted by molar-refractivity contribution is 5.90. The Hall–Kier alpha value is -1.81. The van der Waals surface area contributed by atoms with Gasteiger partial charge in [-0.25, -0.2) is 0 Å². The highest BCUT2D eigenvalue weighted by Crippen LogP contribution is 2.26. The van der Waals surface area contributed by atoms with E-state index in [1.807, 2.05) is 24.6 Å². The largest absolute Gasteiger partial charge is 0.469 e. The van der Waals surface area contributed by atoms with Gasteiger partial charge in [-0.05, 0) is 31.0 Å². The summed E-state index contributed by atoms with van der Waals surface area (Å²) in [5.41, 5.74) is 4.35. The van der Waals surface area contributed by atoms with Gasteiger partial charge in [-0.15, -0.1) is 0 Å². The monoisotopic (exact) mass is 261 g/mol. The van der Waals surface area contributed by atoms with Crippen molar-refractivity contribution in [2.75, 3.05) is 13.7 Å². The maximum Gasteiger partial charge on any atom is 0.310 e. The lowest BCUT2D eigenvalue weighted by Gasteiger charge is -2.06. The Labute approximate surface area is 112 Å². The van der Waals surface area contributed by atoms with Crippen LogP contribution in [0.4, 0.5) is 0 Å². The van der Waals surface area contributed by atoms with Gasteiger partial charge in [0.25, 0.3) is 0 Å². The van der Waals surface area contributed by atoms with Gasteiger partial charge in [0, 0.05) is 18.1 Å². The van der Waals surface area contributed by atoms with Gasteiger partial charge in [-0.1, -0.05) is 11.6 Å². The first-order chi connectivity index (χ1) is 9.06. The fourth-order valence-corrected chi connectivity index (χ4v) is 2.56. The van der Waals surface area contributed by atoms with Gasteiger partial charge in [-0.2, -0.15) is 0 Å². The molecule has 0 fully saturated rings. The van der Waals surface area contributed by atoms with E-state index < -0.39 is 0 Å². The molecule has 1 aromatic carbocycles. The smallest absolute Gasteiger partial charge is 0.310 e. The summed E-state index contributed by atoms with van der Waals surface area (Å²) in [5, 5.41) is 10.2. The van der Waals surface area contributed by atoms with Crippen LogP contribution in [0.1, 0.15) is 16.7 Å². The maximum absolute atomic E-state index is 11.5. The van der Waals surface area contributed by atoms with Gasteiger partial charge in [0.2, 0.25) is 0 Å². The fourth-order valence-electron chi connectivity index (χ4n) is 2.56. The molecule has 0 amide bonds. The number of fused-ring (bicyclic) bond motifs is 1. The molecule has 0 spiro atoms. The number of nitrogens with zero attached hydrogens (tertiary/aromatic N) is 1. The molecule has 0 bridgehead atoms. The van der Waals surface area contributed by atoms with E-state index in [9.17, 15) is 4.79 Å². The lowest BCUT2D eigenvalue weighted by atomic mass is 10.0. The Balaban J connectivity index is 2.60. The van der Waals surface area contributed by atoms with Crippen molar-refractivity contribution < 1.29 is 14.6 Å². The van der Waals surface area contributed by atoms with Crippen molar-refractivity contribution in [1.82, 2.24) is 4.57 Å². The minimum absolute atomic E-state index is 0.0781. The molecule has 2 aromatic rings. The molecule has 102 valence electrons. The molecule has 0 saturated heterocycles. The standard InChI is InChI=1S/C15H19NO3/c1-10-6-11(2)15-13(7-10)12(8-14(18)19-3)9-16(15)4-5-17/h6-7,9,17H,4-5,8H2,1-3H3. The molecule has 2 rings (SSSR count). The van der Waals surface area contributed by atoms with Crippen molar-refractivity contribution in [2.45, 2.75) is 26.8 Å². The molecule has 0 saturated carbocycles. The predicted octanol–water partition coefficient (Wildman–Crippen LogP) is 1.97. The number of rotatable bonds is 4. The topological polar surface area (TPSA) is 51.5 Å². The average molecular weight is 261 g/mol. The number of hydrogen-bond acceptors (Lipinski definition) is 3. The summed E-state index contributed by atoms with van der Waals surface area (Å²) in [6.07, 6.45) is 2.19. The van der Waals surface area contributed by atoms with Crippen molar-refractivity contribution in [3.63, 3.8) is 0 Å². The molecule has 0 atom stereocenters. The molecule has 19 heavy (non-hydrogen) atoms. The van der Waals surface area contributed by atoms with Crippen LogP contribution in [0.15, 0.2) is 18.3 Å². The zero-order valence-electron chi connectivity index (χ0n) is 11.6. The first kappa shape index (κ1) is 13.6. The number of esters is 1. The first-order valence-electron chi connectivity index (χ1n) is 6.33. The van der Waals surface area contributed by atoms with E-state index in [1.54, 1.807) is 0 Å². The SMILES string of the molecule is COC(=O)Cc1cn(CCO)c2c(C)cc(C)cc12. The van der Waals surface area contributed by atoms with Crippen molar-refractivity contribution in [1.29, 1.82) is 0 Å². The van der Waals surface area contributed by atoms with Gasteiger partial charge >= 0.3 is 5.97 Å². The number of aryl methyl sites for hydroxylation is 2. The molecule has 4 heteroatoms. The zero-order valence-corrected chi connectivity index (χ0v) is 11.6. The predicted molar refractivity (Wildman–Crippen MR) is 74.2 cm³/mol. The molecule has 1 aromatic heterocycles. The zero-order chi connectivity index (χ0) is 14.0. The minimum Gasteiger partial charge on any atom is -0.469 e. The number of hydrogen-bond donors (Lipinski definition) is 1. The van der Waals surface area contributed by atoms with E-state index in [2.05, 4.69) is 12.1 Å². The van der Waals surface area contributed by atoms with Crippen LogP contribution in [0.2, 0.25) is 0 Å². The molecule has 0 aliphatic carbocycles. The summed E-state index contributed by atoms with van der Waals surface area (Å²) in [7, 11) is 1.39. The van der Waals surface area contributed by atoms with Crippen LogP contribution in [0.25, 0.3) is 10.9 Å². The lowest BCUT2D eigenvalue weighted by molar-refractivity contribution is -0.139. The second kappa shape index (κ2) is 5.45. The molecule has 1 heterocycles. The number of benzene rings is 1. The van der Waals surface area contributed by atoms with Crippen molar-refractivity contribution in [3.8, 4) is 0 Å². The highest BCUT2D eigenvalue weighted by Gasteiger charge is 2.14. The third kappa shape index (κ3) is 2.63. The average Bonchev–Trinajstić information content (AvgIpc) is 2.68. The van der Waals surface area contributed by atoms with E-state index in [0.717, 1.165) is 27.6 Å². The molecule has 1 N–H and O–H groups in total. The Morgan fingerprint density at radius 3 is 2.74 bits per heavy atom. The van der Waals surface area contributed by atoms with Gasteiger partial charge in [0.15, 0.2) is 0 Å². The number of ether oxygens (including phenoxy) is 1. The molecule has 0 aliphatic rings. The van der Waals surface area contributed by atoms with Crippen LogP contribution in [0.5, 0.6) is 0 Å². The van der Waals surface area contributed by atoms with Crippen LogP contribution < -0.4 is 0 Å². The minimum atomic E-state index is -0.248. The summed E-state index contributed by atoms with van der Waals surface area (Å²) < 4.78 is 6.74. The van der Waals surface area contributed by atoms with E-state index in [0.29, 0.717) is 6.54 Å². The van der Waals surface area contributed by atoms with Crippen LogP contribution >= 0.6 is 0 Å². The summed E-state index contributed by atoms with van der Waals surface area (Å²) in [6.45, 7) is 4.69. The molecular weight excluding hydrogens is 242 g/mol. The first-order valence-corrected chi connectivity index (χ1v) is 6.33. The summed E-state index contributed by atoms with van der Waals surface area (Å²) >= 11 is 0. The van der Waals surface area contributed by atoms with Gasteiger partial charge < -0.3 is 14.4 Å². The van der Waals surface area contributed by atoms with Gasteiger partial charge in [-0.3, -0.25) is 4.79 Å². The van der Waals surface area contributed by atoms with Crippen LogP contribution in [-0.2, 0) is 22.5 Å². The molecule has 0 radical (unpaired) electrons. The van der Waals surface area contributed by atoms with Crippen LogP contribution in [-0.4, -0.2) is 29.4 Å². The highest BCUT2D eigenvalue weighted by atomic mass is 16.5. The third-order valence-corrected chi connectivity index (χ3v) is 3.29. The number of aromatic nitrogens is 1. The van der Waals surface area contributed by atoms with E-state index in [4.69, 9.17) is 9.84 Å². The van der Waals surface area contributed by atoms with Gasteiger partial charge in [0.1, 0.15) is 0 Å². The maximum atomic E-state index is 11.5. The van der Waals surface area contributed by atoms with Gasteiger partial charge in [0.05, 0.1) is 25.7 Å². The third-order valence-electron chi connectivity index (χ3n) is 3.29. The van der Waals surface area contributed by atoms with Crippen molar-refractivity contribution in [2.24, 2.45) is 0 Å². The normalized spacial score (nSPS) is 10.9. The summed E-state index contributed by atoms with van der Waals surface area (Å²) in [6, 6.07) is 4.19. The van der Waals surface area contributed by atoms with Crippen molar-refractivity contribution in [3.05, 3.63) is 35.0 Å². The molecule has 0 aliphatic heterocycles. The Morgan fingerprint density at radius 2 is 2.11 bits per heavy atom. The van der Waals surface area contributed by atoms with Crippen LogP contribution in [0, 0.1) is 13.8 Å². The number of aliphatic hydroxyl groups is 1. The number of carbonyl (C=O) groups is 1. The second-order valence-electron chi connectivity index (χ2n) is 4.80. The van der Waals surface area contributed by atoms with E-state index in [1.165, 1.54) is 7.11 Å². The Morgan fingerprint density at radius 1 is 1.37 bits per heavy atom. The summed E-state index contributed by atoms with van der Waals surface area (Å²) in [4.78, 5) is 11.5. The Bertz CT molecular complexity index is 613. The van der Waals surface area contributed by atoms with Crippen LogP contribution in [0.3, 0.4) is 0 Å². The summed E-state index contributed by atoms with van der Waals surface area (Å²) in [5.74, 6) is -0.248. The number of aliphatic hydroxyl groups excluding tert-OH is 1. The van der Waals surface area contributed by atoms with Crippen molar-refractivity contribution >= 4 is 16.9 Å². The lowest BCUT2D eigenvalue weighted by Crippen LogP contribution is -2.04. The van der Waals surface area contributed by atoms with E-state index >= 15 is 0 Å². The molecule has 4 nitrogen and oxygen atoms in total.